The molecule has 0 spiro atoms. The van der Waals surface area contributed by atoms with Crippen LogP contribution in [0.25, 0.3) is 0 Å². The van der Waals surface area contributed by atoms with Gasteiger partial charge in [0.25, 0.3) is 0 Å². The lowest BCUT2D eigenvalue weighted by molar-refractivity contribution is -0.138. The first-order chi connectivity index (χ1) is 9.36. The molecule has 0 radical (unpaired) electrons. The molecular weight excluding hydrogens is 301 g/mol. The first kappa shape index (κ1) is 16.5. The molecule has 0 bridgehead atoms. The molecular formula is C14H15Cl2NO3. The topological polar surface area (TPSA) is 46.6 Å². The van der Waals surface area contributed by atoms with E-state index in [2.05, 4.69) is 0 Å². The molecule has 0 saturated carbocycles. The predicted molar refractivity (Wildman–Crippen MR) is 79.2 cm³/mol. The number of ether oxygens (including phenoxy) is 1. The summed E-state index contributed by atoms with van der Waals surface area (Å²) in [7, 11) is 3.41. The first-order valence-electron chi connectivity index (χ1n) is 5.92. The Hall–Kier alpha value is -1.52. The van der Waals surface area contributed by atoms with Gasteiger partial charge in [-0.25, -0.2) is 4.79 Å². The minimum Gasteiger partial charge on any atom is -0.462 e. The summed E-state index contributed by atoms with van der Waals surface area (Å²) in [6, 6.07) is 4.48. The molecule has 0 aliphatic heterocycles. The lowest BCUT2D eigenvalue weighted by atomic mass is 10.0. The fourth-order valence-electron chi connectivity index (χ4n) is 1.49. The molecule has 0 aliphatic rings. The number of esters is 1. The van der Waals surface area contributed by atoms with Crippen LogP contribution in [-0.2, 0) is 9.53 Å². The van der Waals surface area contributed by atoms with Crippen molar-refractivity contribution in [3.63, 3.8) is 0 Å². The van der Waals surface area contributed by atoms with Crippen LogP contribution in [0.5, 0.6) is 0 Å². The molecule has 0 N–H and O–H groups in total. The quantitative estimate of drug-likeness (QED) is 0.275. The van der Waals surface area contributed by atoms with Gasteiger partial charge >= 0.3 is 5.97 Å². The molecule has 0 aromatic heterocycles. The van der Waals surface area contributed by atoms with Crippen LogP contribution in [-0.4, -0.2) is 37.4 Å². The maximum Gasteiger partial charge on any atom is 0.343 e. The number of hydrogen-bond donors (Lipinski definition) is 0. The Morgan fingerprint density at radius 1 is 1.30 bits per heavy atom. The summed E-state index contributed by atoms with van der Waals surface area (Å²) in [5.41, 5.74) is 0.123. The van der Waals surface area contributed by atoms with Crippen LogP contribution >= 0.6 is 23.2 Å². The number of rotatable bonds is 5. The van der Waals surface area contributed by atoms with Crippen LogP contribution in [0.3, 0.4) is 0 Å². The number of hydrogen-bond acceptors (Lipinski definition) is 4. The van der Waals surface area contributed by atoms with Crippen LogP contribution in [0.1, 0.15) is 17.3 Å². The van der Waals surface area contributed by atoms with Crippen LogP contribution in [0.2, 0.25) is 10.0 Å². The Balaban J connectivity index is 3.20. The Kier molecular flexibility index (Phi) is 6.05. The van der Waals surface area contributed by atoms with Crippen LogP contribution < -0.4 is 0 Å². The number of carbonyl (C=O) groups is 2. The lowest BCUT2D eigenvalue weighted by Crippen LogP contribution is -2.19. The summed E-state index contributed by atoms with van der Waals surface area (Å²) in [6.07, 6.45) is 1.41. The van der Waals surface area contributed by atoms with E-state index in [9.17, 15) is 9.59 Å². The van der Waals surface area contributed by atoms with Gasteiger partial charge in [-0.1, -0.05) is 23.2 Å². The first-order valence-corrected chi connectivity index (χ1v) is 6.67. The van der Waals surface area contributed by atoms with E-state index in [4.69, 9.17) is 27.9 Å². The summed E-state index contributed by atoms with van der Waals surface area (Å²) in [6.45, 7) is 1.86. The molecule has 1 aromatic carbocycles. The molecule has 0 atom stereocenters. The number of Topliss-reactive ketones (excluding diaryl/α,β-unsaturated/α-hetero) is 1. The van der Waals surface area contributed by atoms with Gasteiger partial charge in [-0.3, -0.25) is 4.79 Å². The van der Waals surface area contributed by atoms with E-state index in [1.807, 2.05) is 0 Å². The summed E-state index contributed by atoms with van der Waals surface area (Å²) >= 11 is 11.8. The summed E-state index contributed by atoms with van der Waals surface area (Å²) < 4.78 is 4.89. The molecule has 108 valence electrons. The largest absolute Gasteiger partial charge is 0.462 e. The number of benzene rings is 1. The molecule has 1 aromatic rings. The predicted octanol–water partition coefficient (Wildman–Crippen LogP) is 3.18. The van der Waals surface area contributed by atoms with Crippen LogP contribution in [0.15, 0.2) is 30.0 Å². The molecule has 0 amide bonds. The standard InChI is InChI=1S/C14H15Cl2NO3/c1-4-20-14(19)11(8-17(2)3)13(18)10-6-5-9(15)7-12(10)16/h5-8H,4H2,1-3H3/b11-8-. The highest BCUT2D eigenvalue weighted by atomic mass is 35.5. The molecule has 0 heterocycles. The smallest absolute Gasteiger partial charge is 0.343 e. The second kappa shape index (κ2) is 7.31. The van der Waals surface area contributed by atoms with Crippen molar-refractivity contribution in [2.24, 2.45) is 0 Å². The minimum absolute atomic E-state index is 0.0823. The van der Waals surface area contributed by atoms with Gasteiger partial charge in [-0.2, -0.15) is 0 Å². The van der Waals surface area contributed by atoms with Gasteiger partial charge in [0.1, 0.15) is 5.57 Å². The van der Waals surface area contributed by atoms with E-state index in [-0.39, 0.29) is 22.8 Å². The van der Waals surface area contributed by atoms with Crippen molar-refractivity contribution in [1.82, 2.24) is 4.90 Å². The summed E-state index contributed by atoms with van der Waals surface area (Å²) in [5, 5.41) is 0.609. The SMILES string of the molecule is CCOC(=O)/C(=C\N(C)C)C(=O)c1ccc(Cl)cc1Cl. The van der Waals surface area contributed by atoms with Gasteiger partial charge in [-0.15, -0.1) is 0 Å². The van der Waals surface area contributed by atoms with Crippen molar-refractivity contribution in [1.29, 1.82) is 0 Å². The van der Waals surface area contributed by atoms with Crippen LogP contribution in [0, 0.1) is 0 Å². The van der Waals surface area contributed by atoms with E-state index in [0.29, 0.717) is 5.02 Å². The number of halogens is 2. The zero-order valence-electron chi connectivity index (χ0n) is 11.4. The van der Waals surface area contributed by atoms with Crippen molar-refractivity contribution < 1.29 is 14.3 Å². The van der Waals surface area contributed by atoms with E-state index in [1.165, 1.54) is 18.3 Å². The normalized spacial score (nSPS) is 11.2. The Morgan fingerprint density at radius 2 is 1.95 bits per heavy atom. The van der Waals surface area contributed by atoms with E-state index in [0.717, 1.165) is 0 Å². The van der Waals surface area contributed by atoms with Gasteiger partial charge in [0.05, 0.1) is 11.6 Å². The van der Waals surface area contributed by atoms with Crippen molar-refractivity contribution in [3.8, 4) is 0 Å². The van der Waals surface area contributed by atoms with Gasteiger partial charge in [0.15, 0.2) is 0 Å². The summed E-state index contributed by atoms with van der Waals surface area (Å²) in [4.78, 5) is 25.9. The highest BCUT2D eigenvalue weighted by Crippen LogP contribution is 2.23. The molecule has 0 saturated heterocycles. The molecule has 4 nitrogen and oxygen atoms in total. The highest BCUT2D eigenvalue weighted by Gasteiger charge is 2.23. The summed E-state index contributed by atoms with van der Waals surface area (Å²) in [5.74, 6) is -1.18. The van der Waals surface area contributed by atoms with E-state index < -0.39 is 11.8 Å². The Labute approximate surface area is 127 Å². The monoisotopic (exact) mass is 315 g/mol. The van der Waals surface area contributed by atoms with Crippen molar-refractivity contribution >= 4 is 35.0 Å². The van der Waals surface area contributed by atoms with Crippen LogP contribution in [0.4, 0.5) is 0 Å². The second-order valence-electron chi connectivity index (χ2n) is 4.18. The number of carbonyl (C=O) groups excluding carboxylic acids is 2. The highest BCUT2D eigenvalue weighted by molar-refractivity contribution is 6.38. The zero-order chi connectivity index (χ0) is 15.3. The van der Waals surface area contributed by atoms with Crippen molar-refractivity contribution in [2.45, 2.75) is 6.92 Å². The van der Waals surface area contributed by atoms with E-state index >= 15 is 0 Å². The third-order valence-corrected chi connectivity index (χ3v) is 2.85. The second-order valence-corrected chi connectivity index (χ2v) is 5.02. The maximum absolute atomic E-state index is 12.4. The fraction of sp³-hybridized carbons (Fsp3) is 0.286. The Bertz CT molecular complexity index is 553. The van der Waals surface area contributed by atoms with Gasteiger partial charge < -0.3 is 9.64 Å². The third-order valence-electron chi connectivity index (χ3n) is 2.30. The number of ketones is 1. The number of nitrogens with zero attached hydrogens (tertiary/aromatic N) is 1. The molecule has 0 aliphatic carbocycles. The zero-order valence-corrected chi connectivity index (χ0v) is 13.0. The average molecular weight is 316 g/mol. The Morgan fingerprint density at radius 3 is 2.45 bits per heavy atom. The van der Waals surface area contributed by atoms with Crippen molar-refractivity contribution in [2.75, 3.05) is 20.7 Å². The van der Waals surface area contributed by atoms with Crippen molar-refractivity contribution in [3.05, 3.63) is 45.6 Å². The molecule has 0 unspecified atom stereocenters. The lowest BCUT2D eigenvalue weighted by Gasteiger charge is -2.11. The minimum atomic E-state index is -0.683. The average Bonchev–Trinajstić information content (AvgIpc) is 2.35. The fourth-order valence-corrected chi connectivity index (χ4v) is 1.98. The molecule has 6 heteroatoms. The van der Waals surface area contributed by atoms with Gasteiger partial charge in [0, 0.05) is 30.9 Å². The maximum atomic E-state index is 12.4. The molecule has 20 heavy (non-hydrogen) atoms. The molecule has 0 fully saturated rings. The van der Waals surface area contributed by atoms with Gasteiger partial charge in [0.2, 0.25) is 5.78 Å². The molecule has 1 rings (SSSR count). The van der Waals surface area contributed by atoms with Gasteiger partial charge in [-0.05, 0) is 25.1 Å². The third kappa shape index (κ3) is 4.25. The van der Waals surface area contributed by atoms with E-state index in [1.54, 1.807) is 32.0 Å².